The van der Waals surface area contributed by atoms with Crippen LogP contribution in [0.3, 0.4) is 0 Å². The van der Waals surface area contributed by atoms with Crippen molar-refractivity contribution in [1.82, 2.24) is 9.78 Å². The van der Waals surface area contributed by atoms with Crippen molar-refractivity contribution in [3.05, 3.63) is 36.0 Å². The number of anilines is 2. The lowest BCUT2D eigenvalue weighted by molar-refractivity contribution is 0.600. The predicted octanol–water partition coefficient (Wildman–Crippen LogP) is 1.58. The molecule has 6 nitrogen and oxygen atoms in total. The van der Waals surface area contributed by atoms with Gasteiger partial charge < -0.3 is 5.32 Å². The third-order valence-electron chi connectivity index (χ3n) is 3.39. The van der Waals surface area contributed by atoms with Crippen LogP contribution >= 0.6 is 0 Å². The van der Waals surface area contributed by atoms with Gasteiger partial charge in [-0.25, -0.2) is 8.42 Å². The Hall–Kier alpha value is -2.02. The van der Waals surface area contributed by atoms with Gasteiger partial charge in [0.05, 0.1) is 11.1 Å². The molecule has 1 aromatic carbocycles. The molecule has 1 aliphatic heterocycles. The molecule has 0 amide bonds. The van der Waals surface area contributed by atoms with Gasteiger partial charge in [-0.3, -0.25) is 9.40 Å². The van der Waals surface area contributed by atoms with E-state index in [2.05, 4.69) is 15.1 Å². The van der Waals surface area contributed by atoms with Gasteiger partial charge in [-0.1, -0.05) is 6.07 Å². The number of rotatable bonds is 3. The van der Waals surface area contributed by atoms with Gasteiger partial charge in [-0.15, -0.1) is 0 Å². The van der Waals surface area contributed by atoms with Crippen LogP contribution in [0.25, 0.3) is 0 Å². The van der Waals surface area contributed by atoms with Gasteiger partial charge in [0.1, 0.15) is 5.82 Å². The fourth-order valence-electron chi connectivity index (χ4n) is 2.28. The first-order valence-corrected chi connectivity index (χ1v) is 7.92. The van der Waals surface area contributed by atoms with Crippen LogP contribution in [-0.4, -0.2) is 24.7 Å². The maximum absolute atomic E-state index is 12.4. The SMILES string of the molecule is Cn1nccc1NS(=O)(=O)c1ccc2c(c1)NCCC2. The molecule has 0 saturated carbocycles. The summed E-state index contributed by atoms with van der Waals surface area (Å²) in [6.07, 6.45) is 3.61. The Morgan fingerprint density at radius 3 is 2.95 bits per heavy atom. The van der Waals surface area contributed by atoms with Crippen LogP contribution in [0.2, 0.25) is 0 Å². The summed E-state index contributed by atoms with van der Waals surface area (Å²) in [5.74, 6) is 0.440. The summed E-state index contributed by atoms with van der Waals surface area (Å²) in [5, 5.41) is 7.18. The van der Waals surface area contributed by atoms with E-state index >= 15 is 0 Å². The zero-order valence-electron chi connectivity index (χ0n) is 11.1. The highest BCUT2D eigenvalue weighted by Crippen LogP contribution is 2.26. The number of nitrogens with one attached hydrogen (secondary N) is 2. The van der Waals surface area contributed by atoms with Gasteiger partial charge in [-0.2, -0.15) is 5.10 Å². The fourth-order valence-corrected chi connectivity index (χ4v) is 3.39. The summed E-state index contributed by atoms with van der Waals surface area (Å²) in [6.45, 7) is 0.881. The number of nitrogens with zero attached hydrogens (tertiary/aromatic N) is 2. The quantitative estimate of drug-likeness (QED) is 0.900. The Morgan fingerprint density at radius 1 is 1.35 bits per heavy atom. The largest absolute Gasteiger partial charge is 0.385 e. The molecule has 106 valence electrons. The van der Waals surface area contributed by atoms with E-state index in [1.165, 1.54) is 4.68 Å². The highest BCUT2D eigenvalue weighted by molar-refractivity contribution is 7.92. The molecule has 2 aromatic rings. The number of benzene rings is 1. The number of hydrogen-bond acceptors (Lipinski definition) is 4. The van der Waals surface area contributed by atoms with Gasteiger partial charge in [-0.05, 0) is 30.5 Å². The normalized spacial score (nSPS) is 14.4. The average molecular weight is 292 g/mol. The molecule has 7 heteroatoms. The van der Waals surface area contributed by atoms with Crippen LogP contribution in [0.5, 0.6) is 0 Å². The minimum Gasteiger partial charge on any atom is -0.385 e. The van der Waals surface area contributed by atoms with Crippen LogP contribution < -0.4 is 10.0 Å². The van der Waals surface area contributed by atoms with E-state index < -0.39 is 10.0 Å². The van der Waals surface area contributed by atoms with Crippen LogP contribution in [0.15, 0.2) is 35.4 Å². The van der Waals surface area contributed by atoms with Gasteiger partial charge in [0.15, 0.2) is 0 Å². The molecule has 0 atom stereocenters. The van der Waals surface area contributed by atoms with Crippen molar-refractivity contribution in [2.75, 3.05) is 16.6 Å². The second kappa shape index (κ2) is 4.82. The summed E-state index contributed by atoms with van der Waals surface area (Å²) in [4.78, 5) is 0.256. The summed E-state index contributed by atoms with van der Waals surface area (Å²) < 4.78 is 28.7. The third-order valence-corrected chi connectivity index (χ3v) is 4.74. The molecule has 2 N–H and O–H groups in total. The molecule has 0 saturated heterocycles. The van der Waals surface area contributed by atoms with Crippen molar-refractivity contribution < 1.29 is 8.42 Å². The average Bonchev–Trinajstić information content (AvgIpc) is 2.83. The van der Waals surface area contributed by atoms with E-state index in [9.17, 15) is 8.42 Å². The van der Waals surface area contributed by atoms with Crippen molar-refractivity contribution in [3.63, 3.8) is 0 Å². The Balaban J connectivity index is 1.93. The zero-order valence-corrected chi connectivity index (χ0v) is 11.9. The molecule has 0 fully saturated rings. The lowest BCUT2D eigenvalue weighted by Gasteiger charge is -2.18. The predicted molar refractivity (Wildman–Crippen MR) is 77.3 cm³/mol. The first-order valence-electron chi connectivity index (χ1n) is 6.44. The minimum absolute atomic E-state index is 0.256. The maximum Gasteiger partial charge on any atom is 0.263 e. The molecule has 0 aliphatic carbocycles. The van der Waals surface area contributed by atoms with Crippen molar-refractivity contribution in [2.24, 2.45) is 7.05 Å². The third kappa shape index (κ3) is 2.36. The molecule has 0 unspecified atom stereocenters. The number of fused-ring (bicyclic) bond motifs is 1. The van der Waals surface area contributed by atoms with Crippen LogP contribution in [0, 0.1) is 0 Å². The Bertz CT molecular complexity index is 737. The summed E-state index contributed by atoms with van der Waals surface area (Å²) in [6, 6.07) is 6.82. The van der Waals surface area contributed by atoms with E-state index in [-0.39, 0.29) is 4.90 Å². The second-order valence-electron chi connectivity index (χ2n) is 4.79. The summed E-state index contributed by atoms with van der Waals surface area (Å²) in [7, 11) is -1.90. The summed E-state index contributed by atoms with van der Waals surface area (Å²) >= 11 is 0. The van der Waals surface area contributed by atoms with Crippen LogP contribution in [0.4, 0.5) is 11.5 Å². The van der Waals surface area contributed by atoms with E-state index in [1.807, 2.05) is 6.07 Å². The highest BCUT2D eigenvalue weighted by atomic mass is 32.2. The van der Waals surface area contributed by atoms with Crippen molar-refractivity contribution in [2.45, 2.75) is 17.7 Å². The lowest BCUT2D eigenvalue weighted by atomic mass is 10.0. The molecule has 0 radical (unpaired) electrons. The number of sulfonamides is 1. The molecule has 20 heavy (non-hydrogen) atoms. The van der Waals surface area contributed by atoms with E-state index in [1.54, 1.807) is 31.4 Å². The molecule has 3 rings (SSSR count). The molecular formula is C13H16N4O2S. The number of aryl methyl sites for hydroxylation is 2. The fraction of sp³-hybridized carbons (Fsp3) is 0.308. The van der Waals surface area contributed by atoms with Gasteiger partial charge in [0, 0.05) is 25.3 Å². The van der Waals surface area contributed by atoms with E-state index in [0.29, 0.717) is 5.82 Å². The smallest absolute Gasteiger partial charge is 0.263 e. The molecular weight excluding hydrogens is 276 g/mol. The van der Waals surface area contributed by atoms with Crippen molar-refractivity contribution in [1.29, 1.82) is 0 Å². The molecule has 0 bridgehead atoms. The maximum atomic E-state index is 12.4. The first-order chi connectivity index (χ1) is 9.56. The van der Waals surface area contributed by atoms with Gasteiger partial charge in [0.2, 0.25) is 0 Å². The molecule has 1 aliphatic rings. The Kier molecular flexibility index (Phi) is 3.13. The van der Waals surface area contributed by atoms with Crippen molar-refractivity contribution in [3.8, 4) is 0 Å². The lowest BCUT2D eigenvalue weighted by Crippen LogP contribution is -2.17. The van der Waals surface area contributed by atoms with Gasteiger partial charge in [0.25, 0.3) is 10.0 Å². The Morgan fingerprint density at radius 2 is 2.20 bits per heavy atom. The minimum atomic E-state index is -3.59. The van der Waals surface area contributed by atoms with E-state index in [0.717, 1.165) is 30.6 Å². The van der Waals surface area contributed by atoms with Crippen molar-refractivity contribution >= 4 is 21.5 Å². The van der Waals surface area contributed by atoms with Crippen LogP contribution in [-0.2, 0) is 23.5 Å². The number of aromatic nitrogens is 2. The highest BCUT2D eigenvalue weighted by Gasteiger charge is 2.18. The Labute approximate surface area is 117 Å². The molecule has 0 spiro atoms. The first kappa shape index (κ1) is 13.0. The van der Waals surface area contributed by atoms with Gasteiger partial charge >= 0.3 is 0 Å². The molecule has 1 aromatic heterocycles. The monoisotopic (exact) mass is 292 g/mol. The second-order valence-corrected chi connectivity index (χ2v) is 6.48. The van der Waals surface area contributed by atoms with Crippen LogP contribution in [0.1, 0.15) is 12.0 Å². The standard InChI is InChI=1S/C13H16N4O2S/c1-17-13(6-8-15-17)16-20(18,19)11-5-4-10-3-2-7-14-12(10)9-11/h4-6,8-9,14,16H,2-3,7H2,1H3. The van der Waals surface area contributed by atoms with E-state index in [4.69, 9.17) is 0 Å². The zero-order chi connectivity index (χ0) is 14.2. The summed E-state index contributed by atoms with van der Waals surface area (Å²) in [5.41, 5.74) is 2.07. The number of hydrogen-bond donors (Lipinski definition) is 2. The molecule has 2 heterocycles. The topological polar surface area (TPSA) is 76.0 Å².